The maximum atomic E-state index is 2.45. The van der Waals surface area contributed by atoms with E-state index in [1.807, 2.05) is 0 Å². The van der Waals surface area contributed by atoms with E-state index in [-0.39, 0.29) is 0 Å². The molecule has 0 radical (unpaired) electrons. The van der Waals surface area contributed by atoms with Gasteiger partial charge in [0.25, 0.3) is 0 Å². The molecule has 1 nitrogen and oxygen atoms in total. The Balaban J connectivity index is 1.41. The highest BCUT2D eigenvalue weighted by Gasteiger charge is 2.27. The Kier molecular flexibility index (Phi) is 5.89. The van der Waals surface area contributed by atoms with Crippen LogP contribution < -0.4 is 4.90 Å². The van der Waals surface area contributed by atoms with Crippen molar-refractivity contribution in [2.45, 2.75) is 0 Å². The summed E-state index contributed by atoms with van der Waals surface area (Å²) in [5.74, 6) is 0. The summed E-state index contributed by atoms with van der Waals surface area (Å²) in [6.45, 7) is 0. The largest absolute Gasteiger partial charge is 0.309 e. The van der Waals surface area contributed by atoms with Crippen LogP contribution in [-0.2, 0) is 0 Å². The molecule has 0 N–H and O–H groups in total. The number of nitrogens with zero attached hydrogens (tertiary/aromatic N) is 1. The highest BCUT2D eigenvalue weighted by Crippen LogP contribution is 2.54. The minimum absolute atomic E-state index is 1.13. The number of hydrogen-bond donors (Lipinski definition) is 0. The van der Waals surface area contributed by atoms with Crippen molar-refractivity contribution in [2.24, 2.45) is 0 Å². The number of anilines is 3. The van der Waals surface area contributed by atoms with E-state index in [2.05, 4.69) is 181 Å². The number of benzene rings is 8. The molecule has 0 fully saturated rings. The molecule has 0 atom stereocenters. The van der Waals surface area contributed by atoms with Crippen LogP contribution in [0.2, 0.25) is 0 Å². The number of fused-ring (bicyclic) bond motifs is 7. The maximum absolute atomic E-state index is 2.45. The SMILES string of the molecule is c1ccc(-c2ccc(N(c3ccccc3)c3c4ccccc4c4c5c(cccc35)-c3ccccc3-c3ccccc3-4)cc2)cc1. The predicted molar refractivity (Wildman–Crippen MR) is 191 cm³/mol. The van der Waals surface area contributed by atoms with Crippen LogP contribution in [0.25, 0.3) is 66.1 Å². The second-order valence-corrected chi connectivity index (χ2v) is 11.7. The smallest absolute Gasteiger partial charge is 0.0619 e. The van der Waals surface area contributed by atoms with Crippen LogP contribution in [0.5, 0.6) is 0 Å². The van der Waals surface area contributed by atoms with Gasteiger partial charge in [0.2, 0.25) is 0 Å². The zero-order chi connectivity index (χ0) is 29.7. The van der Waals surface area contributed by atoms with Gasteiger partial charge in [-0.15, -0.1) is 0 Å². The van der Waals surface area contributed by atoms with Crippen LogP contribution in [0, 0.1) is 0 Å². The van der Waals surface area contributed by atoms with E-state index in [1.165, 1.54) is 71.7 Å². The van der Waals surface area contributed by atoms with Gasteiger partial charge in [0, 0.05) is 27.5 Å². The second-order valence-electron chi connectivity index (χ2n) is 11.7. The fourth-order valence-corrected chi connectivity index (χ4v) is 7.26. The molecule has 1 heteroatoms. The number of rotatable bonds is 4. The summed E-state index contributed by atoms with van der Waals surface area (Å²) in [7, 11) is 0. The van der Waals surface area contributed by atoms with Crippen molar-refractivity contribution in [3.05, 3.63) is 176 Å². The van der Waals surface area contributed by atoms with Crippen LogP contribution in [0.3, 0.4) is 0 Å². The lowest BCUT2D eigenvalue weighted by molar-refractivity contribution is 1.31. The summed E-state index contributed by atoms with van der Waals surface area (Å²) in [4.78, 5) is 2.45. The molecule has 8 aromatic carbocycles. The molecule has 8 aromatic rings. The lowest BCUT2D eigenvalue weighted by Crippen LogP contribution is -2.11. The van der Waals surface area contributed by atoms with Crippen molar-refractivity contribution in [2.75, 3.05) is 4.90 Å². The molecular weight excluding hydrogens is 542 g/mol. The number of para-hydroxylation sites is 1. The second kappa shape index (κ2) is 10.4. The van der Waals surface area contributed by atoms with Crippen LogP contribution in [0.4, 0.5) is 17.1 Å². The average molecular weight is 572 g/mol. The molecule has 0 unspecified atom stereocenters. The standard InChI is InChI=1S/C44H29N/c1-3-14-30(15-4-1)31-26-28-33(29-27-31)45(32-16-5-2-6-17-32)44-40-23-12-11-22-39(40)42-37-21-10-9-20-35(37)34-18-7-8-19-36(34)38-24-13-25-41(44)43(38)42/h1-29H. The molecule has 0 saturated heterocycles. The van der Waals surface area contributed by atoms with Gasteiger partial charge in [0.1, 0.15) is 0 Å². The third-order valence-corrected chi connectivity index (χ3v) is 9.20. The van der Waals surface area contributed by atoms with Gasteiger partial charge in [-0.2, -0.15) is 0 Å². The summed E-state index contributed by atoms with van der Waals surface area (Å²) in [5, 5.41) is 5.03. The molecule has 45 heavy (non-hydrogen) atoms. The van der Waals surface area contributed by atoms with E-state index in [9.17, 15) is 0 Å². The summed E-state index contributed by atoms with van der Waals surface area (Å²) < 4.78 is 0. The van der Waals surface area contributed by atoms with Crippen molar-refractivity contribution >= 4 is 38.6 Å². The van der Waals surface area contributed by atoms with E-state index < -0.39 is 0 Å². The monoisotopic (exact) mass is 571 g/mol. The molecular formula is C44H29N. The Hall–Kier alpha value is -5.92. The van der Waals surface area contributed by atoms with Crippen molar-refractivity contribution in [1.29, 1.82) is 0 Å². The van der Waals surface area contributed by atoms with E-state index in [0.29, 0.717) is 0 Å². The van der Waals surface area contributed by atoms with Crippen molar-refractivity contribution < 1.29 is 0 Å². The van der Waals surface area contributed by atoms with Crippen LogP contribution in [-0.4, -0.2) is 0 Å². The third-order valence-electron chi connectivity index (χ3n) is 9.20. The molecule has 0 aromatic heterocycles. The van der Waals surface area contributed by atoms with Crippen molar-refractivity contribution in [3.63, 3.8) is 0 Å². The Labute approximate surface area is 263 Å². The van der Waals surface area contributed by atoms with Crippen molar-refractivity contribution in [3.8, 4) is 44.5 Å². The molecule has 0 heterocycles. The first-order valence-corrected chi connectivity index (χ1v) is 15.5. The third kappa shape index (κ3) is 4.02. The Morgan fingerprint density at radius 2 is 0.756 bits per heavy atom. The molecule has 1 aliphatic carbocycles. The van der Waals surface area contributed by atoms with Gasteiger partial charge in [0.05, 0.1) is 5.69 Å². The van der Waals surface area contributed by atoms with Gasteiger partial charge < -0.3 is 4.90 Å². The van der Waals surface area contributed by atoms with E-state index in [0.717, 1.165) is 11.4 Å². The highest BCUT2D eigenvalue weighted by atomic mass is 15.1. The summed E-state index contributed by atoms with van der Waals surface area (Å²) in [6.07, 6.45) is 0. The van der Waals surface area contributed by atoms with Crippen LogP contribution >= 0.6 is 0 Å². The van der Waals surface area contributed by atoms with Gasteiger partial charge in [-0.05, 0) is 74.2 Å². The molecule has 0 amide bonds. The molecule has 0 aliphatic heterocycles. The van der Waals surface area contributed by atoms with E-state index in [4.69, 9.17) is 0 Å². The Morgan fingerprint density at radius 3 is 1.47 bits per heavy atom. The summed E-state index contributed by atoms with van der Waals surface area (Å²) in [6, 6.07) is 64.0. The molecule has 0 saturated carbocycles. The summed E-state index contributed by atoms with van der Waals surface area (Å²) in [5.41, 5.74) is 13.6. The Bertz CT molecular complexity index is 2350. The fourth-order valence-electron chi connectivity index (χ4n) is 7.26. The first kappa shape index (κ1) is 25.6. The van der Waals surface area contributed by atoms with Gasteiger partial charge in [-0.3, -0.25) is 0 Å². The van der Waals surface area contributed by atoms with E-state index in [1.54, 1.807) is 0 Å². The van der Waals surface area contributed by atoms with Gasteiger partial charge in [-0.1, -0.05) is 152 Å². The molecule has 0 spiro atoms. The first-order chi connectivity index (χ1) is 22.4. The van der Waals surface area contributed by atoms with E-state index >= 15 is 0 Å². The van der Waals surface area contributed by atoms with Gasteiger partial charge in [0.15, 0.2) is 0 Å². The number of hydrogen-bond acceptors (Lipinski definition) is 1. The van der Waals surface area contributed by atoms with Gasteiger partial charge in [-0.25, -0.2) is 0 Å². The minimum Gasteiger partial charge on any atom is -0.309 e. The molecule has 9 rings (SSSR count). The van der Waals surface area contributed by atoms with Gasteiger partial charge >= 0.3 is 0 Å². The molecule has 0 bridgehead atoms. The highest BCUT2D eigenvalue weighted by molar-refractivity contribution is 6.28. The topological polar surface area (TPSA) is 3.24 Å². The van der Waals surface area contributed by atoms with Crippen molar-refractivity contribution in [1.82, 2.24) is 0 Å². The lowest BCUT2D eigenvalue weighted by atomic mass is 9.87. The molecule has 210 valence electrons. The Morgan fingerprint density at radius 1 is 0.289 bits per heavy atom. The minimum atomic E-state index is 1.13. The van der Waals surface area contributed by atoms with Crippen LogP contribution in [0.15, 0.2) is 176 Å². The fraction of sp³-hybridized carbons (Fsp3) is 0. The zero-order valence-electron chi connectivity index (χ0n) is 24.7. The normalized spacial score (nSPS) is 11.6. The lowest BCUT2D eigenvalue weighted by Gasteiger charge is -2.30. The maximum Gasteiger partial charge on any atom is 0.0619 e. The quantitative estimate of drug-likeness (QED) is 0.190. The summed E-state index contributed by atoms with van der Waals surface area (Å²) >= 11 is 0. The predicted octanol–water partition coefficient (Wildman–Crippen LogP) is 12.4. The average Bonchev–Trinajstić information content (AvgIpc) is 3.25. The molecule has 1 aliphatic rings. The zero-order valence-corrected chi connectivity index (χ0v) is 24.7. The first-order valence-electron chi connectivity index (χ1n) is 15.5. The van der Waals surface area contributed by atoms with Crippen LogP contribution in [0.1, 0.15) is 0 Å².